The summed E-state index contributed by atoms with van der Waals surface area (Å²) in [6.07, 6.45) is -14.4. The SMILES string of the molecule is CCCNCCOc1cc(NC(=O)NC(=O)C[C@@H]2CC(=O)[C@H](NC(=O)[C@H](CC)CC(C)C)[C@H](O)c3ccc(c(Cl)c3)Oc3cc4cc(c3O[C@@H]3O[C@H](CO)[C@@H](O)[C@H](O)[C@H]3O[C@H]3C[C@](C)(N)[C@H](O)[C@H](C)O3)Oc3ccc(cc3Cl)[C@@H](O)[C@@H]3NC(=O)[C@H](CC(=O)[C@@H]4NC2=O)c2ccc(O)c(c2)-c2c(O)cc(O)cc2[C@@H](C(=O)CC2C4CC5CC(C4)CC2C5)NC3=O)cc(OCCCNCC)c1. The third-order valence-corrected chi connectivity index (χ3v) is 27.5. The fourth-order valence-electron chi connectivity index (χ4n) is 20.3. The quantitative estimate of drug-likeness (QED) is 0.0203. The van der Waals surface area contributed by atoms with E-state index >= 15 is 33.6 Å². The van der Waals surface area contributed by atoms with E-state index in [1.54, 1.807) is 13.0 Å². The van der Waals surface area contributed by atoms with Gasteiger partial charge in [0, 0.05) is 91.2 Å². The first-order chi connectivity index (χ1) is 64.0. The zero-order chi connectivity index (χ0) is 96.0. The van der Waals surface area contributed by atoms with Gasteiger partial charge < -0.3 is 127 Å². The van der Waals surface area contributed by atoms with Crippen LogP contribution >= 0.6 is 23.2 Å². The van der Waals surface area contributed by atoms with Crippen LogP contribution in [0.15, 0.2) is 97.1 Å². The van der Waals surface area contributed by atoms with Gasteiger partial charge in [-0.1, -0.05) is 76.0 Å². The number of imide groups is 1. The van der Waals surface area contributed by atoms with Gasteiger partial charge in [0.25, 0.3) is 0 Å². The van der Waals surface area contributed by atoms with Crippen LogP contribution in [0.2, 0.25) is 10.0 Å². The first-order valence-corrected chi connectivity index (χ1v) is 46.9. The molecule has 37 heteroatoms. The Labute approximate surface area is 785 Å². The van der Waals surface area contributed by atoms with Crippen LogP contribution in [0.3, 0.4) is 0 Å². The second-order valence-corrected chi connectivity index (χ2v) is 38.2. The number of benzene rings is 6. The fourth-order valence-corrected chi connectivity index (χ4v) is 20.7. The summed E-state index contributed by atoms with van der Waals surface area (Å²) in [4.78, 5) is 141. The molecule has 35 nitrogen and oxygen atoms in total. The topological polar surface area (TPSA) is 532 Å². The van der Waals surface area contributed by atoms with Crippen molar-refractivity contribution in [2.45, 2.75) is 235 Å². The van der Waals surface area contributed by atoms with Gasteiger partial charge in [0.2, 0.25) is 41.6 Å². The van der Waals surface area contributed by atoms with Gasteiger partial charge in [0.05, 0.1) is 47.3 Å². The van der Waals surface area contributed by atoms with Crippen molar-refractivity contribution in [1.82, 2.24) is 37.2 Å². The van der Waals surface area contributed by atoms with Crippen LogP contribution in [0, 0.1) is 47.3 Å². The molecule has 17 rings (SSSR count). The molecule has 6 aromatic carbocycles. The molecule has 4 saturated carbocycles. The predicted molar refractivity (Wildman–Crippen MR) is 487 cm³/mol. The molecular formula is C97H121Cl2N9O26. The lowest BCUT2D eigenvalue weighted by Crippen LogP contribution is -2.64. The van der Waals surface area contributed by atoms with E-state index in [2.05, 4.69) is 42.5 Å². The van der Waals surface area contributed by atoms with Gasteiger partial charge in [-0.05, 0) is 209 Å². The standard InChI is InChI=1S/C97H121Cl2N9O26/c1-8-18-102-20-22-128-60-37-57(36-59(40-60)127-21-11-19-101-10-3)103-96(126)104-77(116)35-56-32-69(113)82(107-91(122)49(9-2)23-45(4)5)84(117)51-13-16-72(65(98)30-51)130-74-33-55-34-75(88(74)134-95-89(87(120)86(119)76(44-109)132-95)133-78-43-97(7,100)90(121)46(6)129-78)131-73-17-14-52(31-66(73)99)85(118)83-94(125)106-81(71(115)41-61-53-25-47-24-48(27-53)28-54(61)26-47)64-38-58(110)39-68(112)79(64)63-29-50(12-15-67(63)111)62(93(124)108-83)42-70(114)80(55)105-92(56)123/h12-17,29-31,33-34,36-40,45-49,53-54,56,61-62,76,78,80-87,89-90,95,101-102,109-112,117-121H,8-11,18-28,32,35,41-44,100H2,1-7H3,(H,105,123)(H,106,125)(H,107,122)(H,108,124)(H2,103,104,116,126)/t46-,47?,48?,49+,53?,54?,56-,61?,62+,76+,78-,80+,81-,82-,83-,84+,85+,86+,87-,89+,90+,95-,97-/m0/s1. The number of nitrogens with one attached hydrogen (secondary N) is 8. The monoisotopic (exact) mass is 1900 g/mol. The molecule has 0 unspecified atom stereocenters. The predicted octanol–water partition coefficient (Wildman–Crippen LogP) is 9.09. The Balaban J connectivity index is 0.942. The molecule has 7 aliphatic heterocycles. The first kappa shape index (κ1) is 99.6. The molecule has 7 heterocycles. The number of urea groups is 1. The maximum atomic E-state index is 16.9. The molecule has 11 aliphatic rings. The summed E-state index contributed by atoms with van der Waals surface area (Å²) in [7, 11) is 0. The summed E-state index contributed by atoms with van der Waals surface area (Å²) in [5.41, 5.74) is 3.57. The van der Waals surface area contributed by atoms with E-state index in [-0.39, 0.29) is 128 Å². The van der Waals surface area contributed by atoms with Crippen molar-refractivity contribution < 1.29 is 127 Å². The van der Waals surface area contributed by atoms with Crippen LogP contribution in [0.25, 0.3) is 11.1 Å². The Bertz CT molecular complexity index is 5270. The zero-order valence-corrected chi connectivity index (χ0v) is 77.2. The number of carbonyl (C=O) groups excluding carboxylic acids is 9. The summed E-state index contributed by atoms with van der Waals surface area (Å²) in [6.45, 7) is 14.5. The van der Waals surface area contributed by atoms with Crippen molar-refractivity contribution >= 4 is 81.8 Å². The van der Waals surface area contributed by atoms with Crippen molar-refractivity contribution in [1.29, 1.82) is 0 Å². The largest absolute Gasteiger partial charge is 0.508 e. The number of aliphatic hydroxyl groups is 6. The van der Waals surface area contributed by atoms with Gasteiger partial charge in [0.1, 0.15) is 102 Å². The molecule has 0 aromatic heterocycles. The number of ether oxygens (including phenoxy) is 8. The molecule has 2 saturated heterocycles. The number of anilines is 1. The average molecular weight is 1900 g/mol. The van der Waals surface area contributed by atoms with Crippen molar-refractivity contribution in [2.24, 2.45) is 53.1 Å². The first-order valence-electron chi connectivity index (χ1n) is 46.1. The highest BCUT2D eigenvalue weighted by atomic mass is 35.5. The van der Waals surface area contributed by atoms with Gasteiger partial charge in [-0.3, -0.25) is 43.7 Å². The molecular weight excluding hydrogens is 1780 g/mol. The highest BCUT2D eigenvalue weighted by Crippen LogP contribution is 2.59. The molecule has 724 valence electrons. The summed E-state index contributed by atoms with van der Waals surface area (Å²) in [6, 6.07) is 10.4. The van der Waals surface area contributed by atoms with Crippen LogP contribution in [0.5, 0.6) is 57.5 Å². The smallest absolute Gasteiger partial charge is 0.325 e. The number of hydrogen-bond donors (Lipinski definition) is 18. The number of carbonyl (C=O) groups is 9. The number of Topliss-reactive ketones (excluding diaryl/α,β-unsaturated/α-hetero) is 3. The van der Waals surface area contributed by atoms with Crippen LogP contribution in [0.1, 0.15) is 196 Å². The second kappa shape index (κ2) is 43.3. The van der Waals surface area contributed by atoms with Gasteiger partial charge in [-0.15, -0.1) is 0 Å². The van der Waals surface area contributed by atoms with Gasteiger partial charge in [-0.25, -0.2) is 4.79 Å². The Hall–Kier alpha value is -10.4. The highest BCUT2D eigenvalue weighted by Gasteiger charge is 2.54. The summed E-state index contributed by atoms with van der Waals surface area (Å²) < 4.78 is 51.6. The summed E-state index contributed by atoms with van der Waals surface area (Å²) in [5.74, 6) is -16.0. The molecule has 6 fully saturated rings. The lowest BCUT2D eigenvalue weighted by Gasteiger charge is -2.54. The van der Waals surface area contributed by atoms with E-state index in [0.717, 1.165) is 81.9 Å². The van der Waals surface area contributed by atoms with E-state index in [0.29, 0.717) is 37.8 Å². The van der Waals surface area contributed by atoms with Crippen LogP contribution in [-0.2, 0) is 52.6 Å². The molecule has 134 heavy (non-hydrogen) atoms. The Kier molecular flexibility index (Phi) is 32.2. The number of phenolic OH excluding ortho intramolecular Hbond substituents is 3. The van der Waals surface area contributed by atoms with Crippen LogP contribution in [-0.4, -0.2) is 212 Å². The molecule has 0 spiro atoms. The lowest BCUT2D eigenvalue weighted by molar-refractivity contribution is -0.333. The Morgan fingerprint density at radius 1 is 0.664 bits per heavy atom. The minimum atomic E-state index is -2.28. The van der Waals surface area contributed by atoms with Crippen molar-refractivity contribution in [2.75, 3.05) is 51.3 Å². The number of phenols is 3. The minimum absolute atomic E-state index is 0.0683. The normalized spacial score (nSPS) is 29.2. The second-order valence-electron chi connectivity index (χ2n) is 37.4. The number of rotatable bonds is 28. The number of nitrogens with two attached hydrogens (primary N) is 1. The third kappa shape index (κ3) is 23.0. The van der Waals surface area contributed by atoms with Crippen LogP contribution < -0.4 is 72.0 Å². The average Bonchev–Trinajstić information content (AvgIpc) is 0.753. The van der Waals surface area contributed by atoms with Crippen molar-refractivity contribution in [3.63, 3.8) is 0 Å². The zero-order valence-electron chi connectivity index (χ0n) is 75.7. The number of aliphatic hydroxyl groups excluding tert-OH is 6. The third-order valence-electron chi connectivity index (χ3n) is 26.9. The van der Waals surface area contributed by atoms with Crippen molar-refractivity contribution in [3.8, 4) is 68.6 Å². The fraction of sp³-hybridized carbons (Fsp3) is 0.536. The molecule has 0 radical (unpaired) electrons. The highest BCUT2D eigenvalue weighted by molar-refractivity contribution is 6.32. The maximum absolute atomic E-state index is 16.9. The summed E-state index contributed by atoms with van der Waals surface area (Å²) >= 11 is 14.7. The van der Waals surface area contributed by atoms with E-state index in [1.165, 1.54) is 74.5 Å². The molecule has 19 N–H and O–H groups in total. The van der Waals surface area contributed by atoms with E-state index in [4.69, 9.17) is 66.8 Å². The molecule has 4 aliphatic carbocycles. The van der Waals surface area contributed by atoms with Gasteiger partial charge >= 0.3 is 6.03 Å². The lowest BCUT2D eigenvalue weighted by atomic mass is 9.51. The minimum Gasteiger partial charge on any atom is -0.508 e. The number of halogens is 2. The number of fused-ring (bicyclic) bond motifs is 15. The van der Waals surface area contributed by atoms with Gasteiger partial charge in [-0.2, -0.15) is 0 Å². The number of ketones is 3. The van der Waals surface area contributed by atoms with E-state index < -0.39 is 228 Å². The van der Waals surface area contributed by atoms with Crippen molar-refractivity contribution in [3.05, 3.63) is 135 Å². The molecule has 6 aromatic rings. The Morgan fingerprint density at radius 2 is 1.32 bits per heavy atom. The van der Waals surface area contributed by atoms with Crippen LogP contribution in [0.4, 0.5) is 10.5 Å². The number of amides is 7. The van der Waals surface area contributed by atoms with E-state index in [1.807, 2.05) is 27.7 Å². The molecule has 7 amide bonds. The van der Waals surface area contributed by atoms with Gasteiger partial charge in [0.15, 0.2) is 41.2 Å². The Morgan fingerprint density at radius 3 is 1.95 bits per heavy atom. The number of hydrogen-bond acceptors (Lipinski definition) is 29. The number of aromatic hydroxyl groups is 3. The summed E-state index contributed by atoms with van der Waals surface area (Å²) in [5, 5.41) is 129. The maximum Gasteiger partial charge on any atom is 0.325 e. The van der Waals surface area contributed by atoms with E-state index in [9.17, 15) is 55.5 Å². The molecule has 18 atom stereocenters. The molecule has 15 bridgehead atoms.